The Morgan fingerprint density at radius 3 is 2.48 bits per heavy atom. The highest BCUT2D eigenvalue weighted by molar-refractivity contribution is 7.92. The maximum atomic E-state index is 12.6. The van der Waals surface area contributed by atoms with Crippen LogP contribution in [-0.2, 0) is 14.6 Å². The zero-order valence-corrected chi connectivity index (χ0v) is 14.7. The molecule has 0 radical (unpaired) electrons. The van der Waals surface area contributed by atoms with E-state index >= 15 is 0 Å². The number of halogens is 4. The van der Waals surface area contributed by atoms with Crippen LogP contribution in [0.5, 0.6) is 5.75 Å². The predicted molar refractivity (Wildman–Crippen MR) is 83.5 cm³/mol. The van der Waals surface area contributed by atoms with Crippen LogP contribution in [0.1, 0.15) is 26.2 Å². The second kappa shape index (κ2) is 7.03. The number of carbonyl (C=O) groups is 1. The Labute approximate surface area is 147 Å². The second-order valence-corrected chi connectivity index (χ2v) is 8.51. The largest absolute Gasteiger partial charge is 0.481 e. The molecule has 1 aliphatic rings. The molecule has 0 heterocycles. The number of ether oxygens (including phenoxy) is 1. The van der Waals surface area contributed by atoms with Crippen molar-refractivity contribution in [2.75, 3.05) is 0 Å². The van der Waals surface area contributed by atoms with E-state index in [9.17, 15) is 26.4 Å². The van der Waals surface area contributed by atoms with Crippen molar-refractivity contribution in [1.29, 1.82) is 0 Å². The summed E-state index contributed by atoms with van der Waals surface area (Å²) < 4.78 is 67.5. The Morgan fingerprint density at radius 2 is 2.00 bits per heavy atom. The summed E-state index contributed by atoms with van der Waals surface area (Å²) in [5.74, 6) is -1.98. The molecule has 1 unspecified atom stereocenters. The van der Waals surface area contributed by atoms with Gasteiger partial charge in [0.25, 0.3) is 0 Å². The van der Waals surface area contributed by atoms with E-state index < -0.39 is 39.3 Å². The number of hydrogen-bond acceptors (Lipinski definition) is 4. The van der Waals surface area contributed by atoms with Crippen LogP contribution >= 0.6 is 11.6 Å². The summed E-state index contributed by atoms with van der Waals surface area (Å²) >= 11 is 5.93. The van der Waals surface area contributed by atoms with E-state index in [0.29, 0.717) is 0 Å². The fraction of sp³-hybridized carbons (Fsp3) is 0.533. The van der Waals surface area contributed by atoms with Gasteiger partial charge in [0.15, 0.2) is 15.9 Å². The maximum absolute atomic E-state index is 12.6. The minimum atomic E-state index is -4.56. The van der Waals surface area contributed by atoms with Crippen molar-refractivity contribution in [3.8, 4) is 5.75 Å². The van der Waals surface area contributed by atoms with E-state index in [4.69, 9.17) is 21.4 Å². The van der Waals surface area contributed by atoms with Gasteiger partial charge in [0, 0.05) is 6.07 Å². The molecule has 0 spiro atoms. The molecule has 1 aromatic rings. The Balaban J connectivity index is 2.21. The van der Waals surface area contributed by atoms with Crippen molar-refractivity contribution in [3.63, 3.8) is 0 Å². The molecule has 1 aliphatic carbocycles. The molecule has 0 aromatic heterocycles. The van der Waals surface area contributed by atoms with Gasteiger partial charge in [-0.15, -0.1) is 0 Å². The SMILES string of the molecule is CC(Oc1ccc(S(=O)(=O)[C@@H]2CC[C@@H](C(=O)O)C2)c(Cl)c1)C(F)(F)F. The second-order valence-electron chi connectivity index (χ2n) is 5.91. The van der Waals surface area contributed by atoms with Crippen LogP contribution in [0, 0.1) is 5.92 Å². The molecule has 0 bridgehead atoms. The predicted octanol–water partition coefficient (Wildman–Crippen LogP) is 3.70. The highest BCUT2D eigenvalue weighted by Crippen LogP contribution is 2.37. The van der Waals surface area contributed by atoms with Gasteiger partial charge in [-0.2, -0.15) is 13.2 Å². The molecule has 10 heteroatoms. The number of rotatable bonds is 5. The third-order valence-corrected chi connectivity index (χ3v) is 6.86. The highest BCUT2D eigenvalue weighted by atomic mass is 35.5. The minimum absolute atomic E-state index is 0.0165. The molecular formula is C15H16ClF3O5S. The van der Waals surface area contributed by atoms with Crippen molar-refractivity contribution in [1.82, 2.24) is 0 Å². The van der Waals surface area contributed by atoms with Gasteiger partial charge in [-0.1, -0.05) is 11.6 Å². The van der Waals surface area contributed by atoms with Gasteiger partial charge in [-0.25, -0.2) is 8.42 Å². The first kappa shape index (κ1) is 19.8. The first-order valence-corrected chi connectivity index (χ1v) is 9.35. The van der Waals surface area contributed by atoms with Gasteiger partial charge in [0.05, 0.1) is 21.1 Å². The monoisotopic (exact) mass is 400 g/mol. The number of carboxylic acid groups (broad SMARTS) is 1. The molecule has 1 fully saturated rings. The Hall–Kier alpha value is -1.48. The van der Waals surface area contributed by atoms with Gasteiger partial charge in [0.1, 0.15) is 5.75 Å². The molecule has 2 rings (SSSR count). The number of benzene rings is 1. The molecule has 0 aliphatic heterocycles. The average molecular weight is 401 g/mol. The average Bonchev–Trinajstić information content (AvgIpc) is 2.96. The zero-order valence-electron chi connectivity index (χ0n) is 13.1. The molecule has 0 saturated heterocycles. The lowest BCUT2D eigenvalue weighted by molar-refractivity contribution is -0.189. The van der Waals surface area contributed by atoms with Crippen molar-refractivity contribution < 1.29 is 36.2 Å². The quantitative estimate of drug-likeness (QED) is 0.815. The fourth-order valence-electron chi connectivity index (χ4n) is 2.68. The molecule has 0 amide bonds. The van der Waals surface area contributed by atoms with Gasteiger partial charge in [-0.05, 0) is 38.3 Å². The first-order chi connectivity index (χ1) is 11.4. The summed E-state index contributed by atoms with van der Waals surface area (Å²) in [7, 11) is -3.88. The Bertz CT molecular complexity index is 763. The normalized spacial score (nSPS) is 22.6. The van der Waals surface area contributed by atoms with Gasteiger partial charge in [0.2, 0.25) is 0 Å². The van der Waals surface area contributed by atoms with Gasteiger partial charge < -0.3 is 9.84 Å². The van der Waals surface area contributed by atoms with Crippen LogP contribution in [0.25, 0.3) is 0 Å². The lowest BCUT2D eigenvalue weighted by Crippen LogP contribution is -2.31. The molecule has 1 N–H and O–H groups in total. The van der Waals surface area contributed by atoms with E-state index in [1.807, 2.05) is 0 Å². The van der Waals surface area contributed by atoms with E-state index in [-0.39, 0.29) is 34.9 Å². The molecule has 5 nitrogen and oxygen atoms in total. The van der Waals surface area contributed by atoms with E-state index in [1.165, 1.54) is 0 Å². The number of sulfone groups is 1. The number of hydrogen-bond donors (Lipinski definition) is 1. The van der Waals surface area contributed by atoms with Crippen LogP contribution in [0.2, 0.25) is 5.02 Å². The van der Waals surface area contributed by atoms with Crippen LogP contribution in [0.4, 0.5) is 13.2 Å². The Kier molecular flexibility index (Phi) is 5.58. The first-order valence-electron chi connectivity index (χ1n) is 7.42. The van der Waals surface area contributed by atoms with Crippen LogP contribution in [0.15, 0.2) is 23.1 Å². The molecule has 1 aromatic carbocycles. The smallest absolute Gasteiger partial charge is 0.425 e. The summed E-state index contributed by atoms with van der Waals surface area (Å²) in [6.45, 7) is 0.823. The maximum Gasteiger partial charge on any atom is 0.425 e. The number of alkyl halides is 3. The third kappa shape index (κ3) is 4.38. The van der Waals surface area contributed by atoms with E-state index in [1.54, 1.807) is 0 Å². The molecule has 140 valence electrons. The van der Waals surface area contributed by atoms with Crippen LogP contribution < -0.4 is 4.74 Å². The third-order valence-electron chi connectivity index (χ3n) is 4.16. The summed E-state index contributed by atoms with van der Waals surface area (Å²) in [6.07, 6.45) is -6.21. The summed E-state index contributed by atoms with van der Waals surface area (Å²) in [6, 6.07) is 3.20. The van der Waals surface area contributed by atoms with Crippen LogP contribution in [-0.4, -0.2) is 37.0 Å². The standard InChI is InChI=1S/C15H16ClF3O5S/c1-8(15(17,18)19)24-10-3-5-13(12(16)7-10)25(22,23)11-4-2-9(6-11)14(20)21/h3,5,7-9,11H,2,4,6H2,1H3,(H,20,21)/t8?,9-,11-/m1/s1. The molecular weight excluding hydrogens is 385 g/mol. The lowest BCUT2D eigenvalue weighted by Gasteiger charge is -2.19. The topological polar surface area (TPSA) is 80.7 Å². The number of aliphatic carboxylic acids is 1. The van der Waals surface area contributed by atoms with E-state index in [0.717, 1.165) is 25.1 Å². The summed E-state index contributed by atoms with van der Waals surface area (Å²) in [4.78, 5) is 10.7. The lowest BCUT2D eigenvalue weighted by atomic mass is 10.1. The number of carboxylic acids is 1. The van der Waals surface area contributed by atoms with Crippen molar-refractivity contribution in [3.05, 3.63) is 23.2 Å². The van der Waals surface area contributed by atoms with Crippen molar-refractivity contribution in [2.45, 2.75) is 48.6 Å². The van der Waals surface area contributed by atoms with Crippen molar-refractivity contribution >= 4 is 27.4 Å². The van der Waals surface area contributed by atoms with Gasteiger partial charge >= 0.3 is 12.1 Å². The highest BCUT2D eigenvalue weighted by Gasteiger charge is 2.40. The van der Waals surface area contributed by atoms with Gasteiger partial charge in [-0.3, -0.25) is 4.79 Å². The molecule has 3 atom stereocenters. The summed E-state index contributed by atoms with van der Waals surface area (Å²) in [5, 5.41) is 7.84. The summed E-state index contributed by atoms with van der Waals surface area (Å²) in [5.41, 5.74) is 0. The molecule has 25 heavy (non-hydrogen) atoms. The van der Waals surface area contributed by atoms with E-state index in [2.05, 4.69) is 0 Å². The van der Waals surface area contributed by atoms with Crippen LogP contribution in [0.3, 0.4) is 0 Å². The fourth-order valence-corrected chi connectivity index (χ4v) is 5.06. The zero-order chi connectivity index (χ0) is 19.0. The Morgan fingerprint density at radius 1 is 1.36 bits per heavy atom. The molecule has 1 saturated carbocycles. The minimum Gasteiger partial charge on any atom is -0.481 e. The van der Waals surface area contributed by atoms with Crippen molar-refractivity contribution in [2.24, 2.45) is 5.92 Å².